The number of hydrogen-bond acceptors (Lipinski definition) is 4. The molecule has 1 aliphatic rings. The predicted molar refractivity (Wildman–Crippen MR) is 65.8 cm³/mol. The van der Waals surface area contributed by atoms with Crippen LogP contribution in [0.2, 0.25) is 0 Å². The molecule has 0 bridgehead atoms. The Balaban J connectivity index is 1.94. The van der Waals surface area contributed by atoms with Crippen LogP contribution in [0.15, 0.2) is 24.5 Å². The first-order chi connectivity index (χ1) is 8.72. The van der Waals surface area contributed by atoms with Crippen molar-refractivity contribution in [2.75, 3.05) is 32.7 Å². The molecule has 1 aromatic rings. The molecule has 2 amide bonds. The standard InChI is InChI=1S/C12H16N4O2/c13-8-11(17)15-4-6-16(7-5-15)12(18)10-2-1-3-14-9-10/h1-3,9H,4-8,13H2. The fraction of sp³-hybridized carbons (Fsp3) is 0.417. The number of hydrogen-bond donors (Lipinski definition) is 1. The fourth-order valence-electron chi connectivity index (χ4n) is 1.96. The van der Waals surface area contributed by atoms with Gasteiger partial charge in [0.1, 0.15) is 0 Å². The molecule has 2 rings (SSSR count). The Labute approximate surface area is 105 Å². The van der Waals surface area contributed by atoms with E-state index in [1.165, 1.54) is 0 Å². The van der Waals surface area contributed by atoms with Gasteiger partial charge in [-0.1, -0.05) is 0 Å². The molecule has 96 valence electrons. The van der Waals surface area contributed by atoms with Crippen molar-refractivity contribution in [2.45, 2.75) is 0 Å². The number of aromatic nitrogens is 1. The predicted octanol–water partition coefficient (Wildman–Crippen LogP) is -0.675. The Bertz CT molecular complexity index is 427. The van der Waals surface area contributed by atoms with Gasteiger partial charge in [0, 0.05) is 38.6 Å². The molecule has 0 aliphatic carbocycles. The monoisotopic (exact) mass is 248 g/mol. The van der Waals surface area contributed by atoms with Gasteiger partial charge in [-0.15, -0.1) is 0 Å². The normalized spacial score (nSPS) is 15.6. The molecule has 2 heterocycles. The summed E-state index contributed by atoms with van der Waals surface area (Å²) in [5.41, 5.74) is 5.89. The molecule has 0 spiro atoms. The van der Waals surface area contributed by atoms with E-state index in [0.29, 0.717) is 31.7 Å². The maximum absolute atomic E-state index is 12.1. The van der Waals surface area contributed by atoms with Crippen LogP contribution in [0.4, 0.5) is 0 Å². The molecule has 1 saturated heterocycles. The van der Waals surface area contributed by atoms with Crippen molar-refractivity contribution in [1.29, 1.82) is 0 Å². The highest BCUT2D eigenvalue weighted by Gasteiger charge is 2.23. The van der Waals surface area contributed by atoms with Gasteiger partial charge in [0.15, 0.2) is 0 Å². The number of nitrogens with zero attached hydrogens (tertiary/aromatic N) is 3. The highest BCUT2D eigenvalue weighted by atomic mass is 16.2. The van der Waals surface area contributed by atoms with E-state index in [4.69, 9.17) is 5.73 Å². The van der Waals surface area contributed by atoms with Crippen molar-refractivity contribution < 1.29 is 9.59 Å². The maximum Gasteiger partial charge on any atom is 0.255 e. The summed E-state index contributed by atoms with van der Waals surface area (Å²) in [5.74, 6) is -0.105. The molecular weight excluding hydrogens is 232 g/mol. The number of rotatable bonds is 2. The number of piperazine rings is 1. The van der Waals surface area contributed by atoms with Crippen molar-refractivity contribution in [1.82, 2.24) is 14.8 Å². The molecule has 6 heteroatoms. The summed E-state index contributed by atoms with van der Waals surface area (Å²) in [6.07, 6.45) is 3.19. The number of pyridine rings is 1. The Morgan fingerprint density at radius 1 is 1.22 bits per heavy atom. The second kappa shape index (κ2) is 5.59. The molecule has 0 saturated carbocycles. The van der Waals surface area contributed by atoms with Crippen molar-refractivity contribution in [3.63, 3.8) is 0 Å². The van der Waals surface area contributed by atoms with E-state index in [1.807, 2.05) is 0 Å². The summed E-state index contributed by atoms with van der Waals surface area (Å²) in [6, 6.07) is 3.48. The maximum atomic E-state index is 12.1. The first-order valence-corrected chi connectivity index (χ1v) is 5.89. The largest absolute Gasteiger partial charge is 0.338 e. The molecule has 0 radical (unpaired) electrons. The van der Waals surface area contributed by atoms with E-state index in [0.717, 1.165) is 0 Å². The summed E-state index contributed by atoms with van der Waals surface area (Å²) >= 11 is 0. The zero-order valence-electron chi connectivity index (χ0n) is 10.1. The van der Waals surface area contributed by atoms with E-state index < -0.39 is 0 Å². The summed E-state index contributed by atoms with van der Waals surface area (Å²) in [6.45, 7) is 2.19. The lowest BCUT2D eigenvalue weighted by molar-refractivity contribution is -0.131. The van der Waals surface area contributed by atoms with Crippen LogP contribution in [-0.2, 0) is 4.79 Å². The smallest absolute Gasteiger partial charge is 0.255 e. The first-order valence-electron chi connectivity index (χ1n) is 5.89. The third-order valence-corrected chi connectivity index (χ3v) is 3.00. The van der Waals surface area contributed by atoms with Gasteiger partial charge in [0.2, 0.25) is 5.91 Å². The highest BCUT2D eigenvalue weighted by Crippen LogP contribution is 2.07. The minimum atomic E-state index is -0.0662. The molecular formula is C12H16N4O2. The molecule has 1 fully saturated rings. The number of nitrogens with two attached hydrogens (primary N) is 1. The molecule has 1 aliphatic heterocycles. The second-order valence-electron chi connectivity index (χ2n) is 4.12. The average Bonchev–Trinajstić information content (AvgIpc) is 2.47. The van der Waals surface area contributed by atoms with Crippen LogP contribution < -0.4 is 5.73 Å². The lowest BCUT2D eigenvalue weighted by Gasteiger charge is -2.34. The van der Waals surface area contributed by atoms with E-state index in [1.54, 1.807) is 34.3 Å². The molecule has 2 N–H and O–H groups in total. The minimum absolute atomic E-state index is 0.0244. The number of carbonyl (C=O) groups is 2. The van der Waals surface area contributed by atoms with Crippen LogP contribution in [0.3, 0.4) is 0 Å². The molecule has 0 atom stereocenters. The van der Waals surface area contributed by atoms with Gasteiger partial charge in [-0.3, -0.25) is 14.6 Å². The van der Waals surface area contributed by atoms with Crippen LogP contribution in [0.25, 0.3) is 0 Å². The van der Waals surface area contributed by atoms with Crippen molar-refractivity contribution in [3.05, 3.63) is 30.1 Å². The van der Waals surface area contributed by atoms with Crippen LogP contribution in [0.1, 0.15) is 10.4 Å². The van der Waals surface area contributed by atoms with Gasteiger partial charge < -0.3 is 15.5 Å². The number of carbonyl (C=O) groups excluding carboxylic acids is 2. The zero-order chi connectivity index (χ0) is 13.0. The second-order valence-corrected chi connectivity index (χ2v) is 4.12. The summed E-state index contributed by atoms with van der Waals surface area (Å²) in [7, 11) is 0. The highest BCUT2D eigenvalue weighted by molar-refractivity contribution is 5.94. The van der Waals surface area contributed by atoms with E-state index in [9.17, 15) is 9.59 Å². The van der Waals surface area contributed by atoms with Gasteiger partial charge in [0.05, 0.1) is 12.1 Å². The van der Waals surface area contributed by atoms with E-state index in [-0.39, 0.29) is 18.4 Å². The molecule has 18 heavy (non-hydrogen) atoms. The SMILES string of the molecule is NCC(=O)N1CCN(C(=O)c2cccnc2)CC1. The van der Waals surface area contributed by atoms with Gasteiger partial charge >= 0.3 is 0 Å². The Morgan fingerprint density at radius 3 is 2.44 bits per heavy atom. The average molecular weight is 248 g/mol. The van der Waals surface area contributed by atoms with Crippen LogP contribution in [0, 0.1) is 0 Å². The summed E-state index contributed by atoms with van der Waals surface area (Å²) in [4.78, 5) is 30.9. The number of amides is 2. The van der Waals surface area contributed by atoms with Gasteiger partial charge in [-0.2, -0.15) is 0 Å². The van der Waals surface area contributed by atoms with Gasteiger partial charge in [-0.05, 0) is 12.1 Å². The van der Waals surface area contributed by atoms with Crippen molar-refractivity contribution in [2.24, 2.45) is 5.73 Å². The topological polar surface area (TPSA) is 79.5 Å². The Kier molecular flexibility index (Phi) is 3.88. The molecule has 0 aromatic carbocycles. The molecule has 1 aromatic heterocycles. The van der Waals surface area contributed by atoms with Crippen molar-refractivity contribution in [3.8, 4) is 0 Å². The molecule has 6 nitrogen and oxygen atoms in total. The summed E-state index contributed by atoms with van der Waals surface area (Å²) in [5, 5.41) is 0. The first kappa shape index (κ1) is 12.5. The Hall–Kier alpha value is -1.95. The zero-order valence-corrected chi connectivity index (χ0v) is 10.1. The van der Waals surface area contributed by atoms with Crippen LogP contribution >= 0.6 is 0 Å². The Morgan fingerprint density at radius 2 is 1.89 bits per heavy atom. The van der Waals surface area contributed by atoms with E-state index in [2.05, 4.69) is 4.98 Å². The third-order valence-electron chi connectivity index (χ3n) is 3.00. The minimum Gasteiger partial charge on any atom is -0.338 e. The summed E-state index contributed by atoms with van der Waals surface area (Å²) < 4.78 is 0. The third kappa shape index (κ3) is 2.65. The lowest BCUT2D eigenvalue weighted by Crippen LogP contribution is -2.51. The lowest BCUT2D eigenvalue weighted by atomic mass is 10.2. The molecule has 0 unspecified atom stereocenters. The quantitative estimate of drug-likeness (QED) is 0.752. The van der Waals surface area contributed by atoms with Crippen LogP contribution in [-0.4, -0.2) is 59.3 Å². The van der Waals surface area contributed by atoms with Gasteiger partial charge in [0.25, 0.3) is 5.91 Å². The van der Waals surface area contributed by atoms with Gasteiger partial charge in [-0.25, -0.2) is 0 Å². The van der Waals surface area contributed by atoms with Crippen molar-refractivity contribution >= 4 is 11.8 Å². The van der Waals surface area contributed by atoms with E-state index >= 15 is 0 Å². The fourth-order valence-corrected chi connectivity index (χ4v) is 1.96. The van der Waals surface area contributed by atoms with Crippen LogP contribution in [0.5, 0.6) is 0 Å².